The number of piperidine rings is 2. The fraction of sp³-hybridized carbons (Fsp3) is 0.459. The number of imide groups is 1. The second-order valence-electron chi connectivity index (χ2n) is 14.6. The van der Waals surface area contributed by atoms with Crippen LogP contribution in [0, 0.1) is 5.92 Å². The van der Waals surface area contributed by atoms with Crippen LogP contribution in [0.15, 0.2) is 49.1 Å². The van der Waals surface area contributed by atoms with Crippen LogP contribution in [0.2, 0.25) is 0 Å². The minimum Gasteiger partial charge on any atom is -0.305 e. The molecule has 17 heteroatoms. The number of carbonyl (C=O) groups is 3. The van der Waals surface area contributed by atoms with Crippen LogP contribution in [0.25, 0.3) is 21.8 Å². The van der Waals surface area contributed by atoms with Crippen molar-refractivity contribution in [2.24, 2.45) is 13.0 Å². The summed E-state index contributed by atoms with van der Waals surface area (Å²) in [5.74, 6) is -1.71. The highest BCUT2D eigenvalue weighted by atomic mass is 19.4. The zero-order valence-electron chi connectivity index (χ0n) is 29.4. The third-order valence-electron chi connectivity index (χ3n) is 11.0. The Morgan fingerprint density at radius 2 is 1.85 bits per heavy atom. The largest absolute Gasteiger partial charge is 0.434 e. The van der Waals surface area contributed by atoms with Crippen molar-refractivity contribution in [2.75, 3.05) is 25.0 Å². The topological polar surface area (TPSA) is 153 Å². The molecule has 0 radical (unpaired) electrons. The maximum atomic E-state index is 16.0. The van der Waals surface area contributed by atoms with Crippen LogP contribution in [0.3, 0.4) is 0 Å². The molecule has 4 aromatic heterocycles. The van der Waals surface area contributed by atoms with Crippen LogP contribution < -0.4 is 10.6 Å². The molecule has 282 valence electrons. The van der Waals surface area contributed by atoms with Crippen LogP contribution in [0.5, 0.6) is 0 Å². The SMILES string of the molecule is Cn1nc(C2CCC(=O)NC2=O)c2cccc([C@H]3CCN(CC4CCC(n5cc6cc(NC(=O)c7cncc(C(F)(F)F)n7)ncc6n5)CC4)C[C@@H]3F)c21. The van der Waals surface area contributed by atoms with Gasteiger partial charge in [0.15, 0.2) is 5.69 Å². The summed E-state index contributed by atoms with van der Waals surface area (Å²) in [6.07, 6.45) is 4.18. The lowest BCUT2D eigenvalue weighted by Gasteiger charge is -2.38. The van der Waals surface area contributed by atoms with E-state index >= 15 is 4.39 Å². The van der Waals surface area contributed by atoms with Crippen LogP contribution in [0.1, 0.15) is 90.3 Å². The van der Waals surface area contributed by atoms with Crippen molar-refractivity contribution >= 4 is 45.3 Å². The van der Waals surface area contributed by atoms with Crippen molar-refractivity contribution in [1.82, 2.24) is 44.7 Å². The highest BCUT2D eigenvalue weighted by molar-refractivity contribution is 6.03. The van der Waals surface area contributed by atoms with Crippen molar-refractivity contribution in [3.05, 3.63) is 71.7 Å². The molecule has 0 bridgehead atoms. The summed E-state index contributed by atoms with van der Waals surface area (Å²) >= 11 is 0. The van der Waals surface area contributed by atoms with E-state index in [1.807, 2.05) is 36.1 Å². The molecule has 54 heavy (non-hydrogen) atoms. The van der Waals surface area contributed by atoms with Crippen LogP contribution in [0.4, 0.5) is 23.4 Å². The molecule has 2 aliphatic heterocycles. The van der Waals surface area contributed by atoms with Crippen LogP contribution >= 0.6 is 0 Å². The number of nitrogens with zero attached hydrogens (tertiary/aromatic N) is 8. The average Bonchev–Trinajstić information content (AvgIpc) is 3.72. The summed E-state index contributed by atoms with van der Waals surface area (Å²) in [5.41, 5.74) is 1.25. The molecule has 6 heterocycles. The molecule has 3 aliphatic rings. The second kappa shape index (κ2) is 14.2. The highest BCUT2D eigenvalue weighted by Crippen LogP contribution is 2.39. The van der Waals surface area contributed by atoms with E-state index in [1.54, 1.807) is 10.7 Å². The smallest absolute Gasteiger partial charge is 0.305 e. The standard InChI is InChI=1S/C37H38F4N10O3/c1-49-34-24(3-2-4-25(34)33(48-49)26-9-10-32(52)46-35(26)53)23-11-12-50(19-27(23)38)17-20-5-7-22(8-6-20)51-18-21-13-31(43-15-28(21)47-51)45-36(54)29-14-42-16-30(44-29)37(39,40)41/h2-4,13-16,18,20,22-23,26-27H,5-12,17,19H2,1H3,(H,45,54)(H,46,52,53)/t20?,22?,23-,26?,27+/m1/s1. The third kappa shape index (κ3) is 7.03. The van der Waals surface area contributed by atoms with Gasteiger partial charge in [-0.15, -0.1) is 0 Å². The number of hydrogen-bond donors (Lipinski definition) is 2. The molecule has 3 atom stereocenters. The Balaban J connectivity index is 0.862. The summed E-state index contributed by atoms with van der Waals surface area (Å²) in [7, 11) is 1.82. The summed E-state index contributed by atoms with van der Waals surface area (Å²) in [6, 6.07) is 7.58. The Hall–Kier alpha value is -5.32. The Morgan fingerprint density at radius 3 is 2.61 bits per heavy atom. The number of alkyl halides is 4. The number of aryl methyl sites for hydroxylation is 1. The number of anilines is 1. The normalized spacial score (nSPS) is 24.2. The minimum absolute atomic E-state index is 0.152. The summed E-state index contributed by atoms with van der Waals surface area (Å²) in [6.45, 7) is 1.94. The van der Waals surface area contributed by atoms with E-state index in [9.17, 15) is 27.6 Å². The number of carbonyl (C=O) groups excluding carboxylic acids is 3. The molecule has 3 fully saturated rings. The number of fused-ring (bicyclic) bond motifs is 2. The predicted octanol–water partition coefficient (Wildman–Crippen LogP) is 5.46. The number of aromatic nitrogens is 7. The van der Waals surface area contributed by atoms with Gasteiger partial charge in [0, 0.05) is 49.4 Å². The summed E-state index contributed by atoms with van der Waals surface area (Å²) < 4.78 is 58.7. The van der Waals surface area contributed by atoms with E-state index in [-0.39, 0.29) is 36.0 Å². The molecule has 8 rings (SSSR count). The second-order valence-corrected chi connectivity index (χ2v) is 14.6. The fourth-order valence-corrected chi connectivity index (χ4v) is 8.34. The van der Waals surface area contributed by atoms with Crippen molar-refractivity contribution in [2.45, 2.75) is 75.2 Å². The van der Waals surface area contributed by atoms with Gasteiger partial charge >= 0.3 is 6.18 Å². The van der Waals surface area contributed by atoms with Crippen molar-refractivity contribution in [3.63, 3.8) is 0 Å². The first-order chi connectivity index (χ1) is 25.9. The number of benzene rings is 1. The molecule has 1 saturated carbocycles. The van der Waals surface area contributed by atoms with Gasteiger partial charge in [0.1, 0.15) is 23.2 Å². The number of nitrogens with one attached hydrogen (secondary N) is 2. The highest BCUT2D eigenvalue weighted by Gasteiger charge is 2.37. The molecule has 2 N–H and O–H groups in total. The maximum Gasteiger partial charge on any atom is 0.434 e. The number of amides is 3. The Labute approximate surface area is 306 Å². The zero-order chi connectivity index (χ0) is 37.7. The van der Waals surface area contributed by atoms with E-state index in [0.717, 1.165) is 66.8 Å². The van der Waals surface area contributed by atoms with Gasteiger partial charge in [-0.2, -0.15) is 23.4 Å². The van der Waals surface area contributed by atoms with Gasteiger partial charge in [0.2, 0.25) is 11.8 Å². The molecule has 1 aromatic carbocycles. The van der Waals surface area contributed by atoms with Crippen molar-refractivity contribution < 1.29 is 31.9 Å². The van der Waals surface area contributed by atoms with E-state index in [0.29, 0.717) is 42.7 Å². The van der Waals surface area contributed by atoms with E-state index in [1.165, 1.54) is 6.20 Å². The molecule has 0 spiro atoms. The number of rotatable bonds is 7. The van der Waals surface area contributed by atoms with E-state index < -0.39 is 35.6 Å². The third-order valence-corrected chi connectivity index (χ3v) is 11.0. The molecule has 3 amide bonds. The van der Waals surface area contributed by atoms with Crippen molar-refractivity contribution in [3.8, 4) is 0 Å². The quantitative estimate of drug-likeness (QED) is 0.163. The van der Waals surface area contributed by atoms with Crippen LogP contribution in [-0.4, -0.2) is 82.9 Å². The summed E-state index contributed by atoms with van der Waals surface area (Å²) in [5, 5.41) is 15.8. The number of hydrogen-bond acceptors (Lipinski definition) is 9. The molecular formula is C37H38F4N10O3. The fourth-order valence-electron chi connectivity index (χ4n) is 8.34. The van der Waals surface area contributed by atoms with Gasteiger partial charge in [-0.25, -0.2) is 14.4 Å². The molecule has 1 unspecified atom stereocenters. The zero-order valence-corrected chi connectivity index (χ0v) is 29.4. The average molecular weight is 747 g/mol. The van der Waals surface area contributed by atoms with E-state index in [4.69, 9.17) is 5.10 Å². The molecular weight excluding hydrogens is 708 g/mol. The van der Waals surface area contributed by atoms with Gasteiger partial charge in [-0.3, -0.25) is 34.0 Å². The molecule has 5 aromatic rings. The van der Waals surface area contributed by atoms with E-state index in [2.05, 4.69) is 35.6 Å². The number of para-hydroxylation sites is 1. The number of halogens is 4. The van der Waals surface area contributed by atoms with Gasteiger partial charge in [-0.05, 0) is 62.6 Å². The molecule has 13 nitrogen and oxygen atoms in total. The van der Waals surface area contributed by atoms with Gasteiger partial charge in [0.05, 0.1) is 41.8 Å². The summed E-state index contributed by atoms with van der Waals surface area (Å²) in [4.78, 5) is 50.3. The first-order valence-electron chi connectivity index (χ1n) is 18.1. The first kappa shape index (κ1) is 35.7. The van der Waals surface area contributed by atoms with Gasteiger partial charge in [-0.1, -0.05) is 18.2 Å². The van der Waals surface area contributed by atoms with Crippen LogP contribution in [-0.2, 0) is 22.8 Å². The maximum absolute atomic E-state index is 16.0. The predicted molar refractivity (Wildman–Crippen MR) is 188 cm³/mol. The lowest BCUT2D eigenvalue weighted by Crippen LogP contribution is -2.43. The number of likely N-dealkylation sites (tertiary alicyclic amines) is 1. The Bertz CT molecular complexity index is 2250. The molecule has 2 saturated heterocycles. The monoisotopic (exact) mass is 746 g/mol. The minimum atomic E-state index is -4.73. The Kier molecular flexibility index (Phi) is 9.36. The van der Waals surface area contributed by atoms with Gasteiger partial charge < -0.3 is 10.2 Å². The van der Waals surface area contributed by atoms with Gasteiger partial charge in [0.25, 0.3) is 5.91 Å². The number of pyridine rings is 1. The lowest BCUT2D eigenvalue weighted by atomic mass is 9.83. The molecule has 1 aliphatic carbocycles. The Morgan fingerprint density at radius 1 is 1.04 bits per heavy atom. The lowest BCUT2D eigenvalue weighted by molar-refractivity contribution is -0.141. The van der Waals surface area contributed by atoms with Crippen molar-refractivity contribution in [1.29, 1.82) is 0 Å². The first-order valence-corrected chi connectivity index (χ1v) is 18.1.